The largest absolute Gasteiger partial charge is 0.397 e. The SMILES string of the molecule is CC1C=C(N)C(F)=CC1Cl. The fourth-order valence-electron chi connectivity index (χ4n) is 0.843. The maximum atomic E-state index is 12.6. The van der Waals surface area contributed by atoms with Gasteiger partial charge in [0, 0.05) is 0 Å². The quantitative estimate of drug-likeness (QED) is 0.540. The first-order chi connectivity index (χ1) is 4.61. The maximum absolute atomic E-state index is 12.6. The van der Waals surface area contributed by atoms with Gasteiger partial charge in [-0.15, -0.1) is 11.6 Å². The Kier molecular flexibility index (Phi) is 2.00. The van der Waals surface area contributed by atoms with Gasteiger partial charge in [0.05, 0.1) is 11.1 Å². The predicted octanol–water partition coefficient (Wildman–Crippen LogP) is 1.94. The van der Waals surface area contributed by atoms with Crippen LogP contribution in [0.3, 0.4) is 0 Å². The summed E-state index contributed by atoms with van der Waals surface area (Å²) in [6.45, 7) is 1.90. The van der Waals surface area contributed by atoms with Crippen LogP contribution >= 0.6 is 11.6 Å². The van der Waals surface area contributed by atoms with Gasteiger partial charge in [-0.25, -0.2) is 4.39 Å². The van der Waals surface area contributed by atoms with Gasteiger partial charge in [0.25, 0.3) is 0 Å². The van der Waals surface area contributed by atoms with Crippen molar-refractivity contribution in [2.24, 2.45) is 11.7 Å². The van der Waals surface area contributed by atoms with Gasteiger partial charge < -0.3 is 5.73 Å². The highest BCUT2D eigenvalue weighted by atomic mass is 35.5. The monoisotopic (exact) mass is 161 g/mol. The van der Waals surface area contributed by atoms with Crippen molar-refractivity contribution in [1.29, 1.82) is 0 Å². The molecule has 0 amide bonds. The third kappa shape index (κ3) is 1.32. The molecule has 0 aromatic rings. The zero-order valence-electron chi connectivity index (χ0n) is 5.64. The summed E-state index contributed by atoms with van der Waals surface area (Å²) in [5, 5.41) is -0.257. The Balaban J connectivity index is 2.83. The van der Waals surface area contributed by atoms with Gasteiger partial charge in [-0.3, -0.25) is 0 Å². The zero-order chi connectivity index (χ0) is 7.72. The van der Waals surface area contributed by atoms with Gasteiger partial charge >= 0.3 is 0 Å². The number of halogens is 2. The number of hydrogen-bond donors (Lipinski definition) is 1. The maximum Gasteiger partial charge on any atom is 0.143 e. The molecule has 1 rings (SSSR count). The summed E-state index contributed by atoms with van der Waals surface area (Å²) in [7, 11) is 0. The molecule has 0 radical (unpaired) electrons. The third-order valence-electron chi connectivity index (χ3n) is 1.53. The number of rotatable bonds is 0. The lowest BCUT2D eigenvalue weighted by molar-refractivity contribution is 0.606. The summed E-state index contributed by atoms with van der Waals surface area (Å²) < 4.78 is 12.6. The second-order valence-corrected chi connectivity index (χ2v) is 2.94. The van der Waals surface area contributed by atoms with E-state index in [9.17, 15) is 4.39 Å². The second kappa shape index (κ2) is 2.62. The highest BCUT2D eigenvalue weighted by molar-refractivity contribution is 6.22. The summed E-state index contributed by atoms with van der Waals surface area (Å²) in [4.78, 5) is 0. The van der Waals surface area contributed by atoms with Crippen molar-refractivity contribution in [3.8, 4) is 0 Å². The van der Waals surface area contributed by atoms with Crippen LogP contribution in [0.2, 0.25) is 0 Å². The van der Waals surface area contributed by atoms with Crippen LogP contribution < -0.4 is 5.73 Å². The highest BCUT2D eigenvalue weighted by Crippen LogP contribution is 2.24. The Morgan fingerprint density at radius 1 is 1.60 bits per heavy atom. The zero-order valence-corrected chi connectivity index (χ0v) is 6.40. The minimum absolute atomic E-state index is 0.126. The van der Waals surface area contributed by atoms with E-state index >= 15 is 0 Å². The van der Waals surface area contributed by atoms with E-state index in [2.05, 4.69) is 0 Å². The van der Waals surface area contributed by atoms with Crippen molar-refractivity contribution in [2.75, 3.05) is 0 Å². The van der Waals surface area contributed by atoms with E-state index < -0.39 is 5.83 Å². The normalized spacial score (nSPS) is 33.1. The fourth-order valence-corrected chi connectivity index (χ4v) is 1.03. The van der Waals surface area contributed by atoms with E-state index in [0.29, 0.717) is 0 Å². The van der Waals surface area contributed by atoms with Gasteiger partial charge in [0.2, 0.25) is 0 Å². The van der Waals surface area contributed by atoms with Crippen molar-refractivity contribution < 1.29 is 4.39 Å². The van der Waals surface area contributed by atoms with E-state index in [-0.39, 0.29) is 17.0 Å². The molecule has 10 heavy (non-hydrogen) atoms. The topological polar surface area (TPSA) is 26.0 Å². The minimum Gasteiger partial charge on any atom is -0.397 e. The van der Waals surface area contributed by atoms with Crippen LogP contribution in [-0.4, -0.2) is 5.38 Å². The third-order valence-corrected chi connectivity index (χ3v) is 2.05. The molecule has 0 aromatic heterocycles. The molecular formula is C7H9ClFN. The number of alkyl halides is 1. The molecule has 56 valence electrons. The molecule has 0 fully saturated rings. The molecule has 3 heteroatoms. The van der Waals surface area contributed by atoms with E-state index in [0.717, 1.165) is 0 Å². The van der Waals surface area contributed by atoms with Crippen molar-refractivity contribution in [1.82, 2.24) is 0 Å². The van der Waals surface area contributed by atoms with Gasteiger partial charge in [-0.2, -0.15) is 0 Å². The molecule has 0 spiro atoms. The number of hydrogen-bond acceptors (Lipinski definition) is 1. The van der Waals surface area contributed by atoms with Crippen LogP contribution in [0.15, 0.2) is 23.7 Å². The molecule has 0 heterocycles. The summed E-state index contributed by atoms with van der Waals surface area (Å²) >= 11 is 5.71. The predicted molar refractivity (Wildman–Crippen MR) is 40.3 cm³/mol. The average Bonchev–Trinajstić information content (AvgIpc) is 1.84. The van der Waals surface area contributed by atoms with Crippen LogP contribution in [0.5, 0.6) is 0 Å². The molecule has 2 unspecified atom stereocenters. The molecule has 2 N–H and O–H groups in total. The standard InChI is InChI=1S/C7H9ClFN/c1-4-2-7(10)6(9)3-5(4)8/h2-5H,10H2,1H3. The molecule has 1 aliphatic rings. The summed E-state index contributed by atoms with van der Waals surface area (Å²) in [5.74, 6) is -0.278. The molecule has 2 atom stereocenters. The van der Waals surface area contributed by atoms with Crippen molar-refractivity contribution >= 4 is 11.6 Å². The Bertz CT molecular complexity index is 176. The van der Waals surface area contributed by atoms with E-state index in [4.69, 9.17) is 17.3 Å². The first kappa shape index (κ1) is 7.61. The summed E-state index contributed by atoms with van der Waals surface area (Å²) in [6, 6.07) is 0. The van der Waals surface area contributed by atoms with E-state index in [1.165, 1.54) is 6.08 Å². The van der Waals surface area contributed by atoms with Crippen molar-refractivity contribution in [2.45, 2.75) is 12.3 Å². The average molecular weight is 162 g/mol. The van der Waals surface area contributed by atoms with Crippen LogP contribution in [0.1, 0.15) is 6.92 Å². The summed E-state index contributed by atoms with van der Waals surface area (Å²) in [6.07, 6.45) is 2.97. The van der Waals surface area contributed by atoms with E-state index in [1.807, 2.05) is 6.92 Å². The molecule has 0 bridgehead atoms. The van der Waals surface area contributed by atoms with Crippen LogP contribution in [0, 0.1) is 5.92 Å². The number of allylic oxidation sites excluding steroid dienone is 3. The second-order valence-electron chi connectivity index (χ2n) is 2.44. The minimum atomic E-state index is -0.405. The fraction of sp³-hybridized carbons (Fsp3) is 0.429. The van der Waals surface area contributed by atoms with Crippen molar-refractivity contribution in [3.05, 3.63) is 23.7 Å². The molecular weight excluding hydrogens is 153 g/mol. The lowest BCUT2D eigenvalue weighted by Crippen LogP contribution is -2.15. The first-order valence-electron chi connectivity index (χ1n) is 3.10. The van der Waals surface area contributed by atoms with Gasteiger partial charge in [-0.05, 0) is 12.0 Å². The Labute approximate surface area is 64.4 Å². The molecule has 1 nitrogen and oxygen atoms in total. The van der Waals surface area contributed by atoms with Crippen LogP contribution in [0.25, 0.3) is 0 Å². The lowest BCUT2D eigenvalue weighted by atomic mass is 10.0. The molecule has 0 saturated carbocycles. The van der Waals surface area contributed by atoms with E-state index in [1.54, 1.807) is 6.08 Å². The highest BCUT2D eigenvalue weighted by Gasteiger charge is 2.17. The lowest BCUT2D eigenvalue weighted by Gasteiger charge is -2.16. The summed E-state index contributed by atoms with van der Waals surface area (Å²) in [5.41, 5.74) is 5.49. The first-order valence-corrected chi connectivity index (χ1v) is 3.54. The Morgan fingerprint density at radius 3 is 2.70 bits per heavy atom. The molecule has 0 saturated heterocycles. The van der Waals surface area contributed by atoms with Gasteiger partial charge in [0.1, 0.15) is 5.83 Å². The smallest absolute Gasteiger partial charge is 0.143 e. The Morgan fingerprint density at radius 2 is 2.20 bits per heavy atom. The van der Waals surface area contributed by atoms with Crippen LogP contribution in [-0.2, 0) is 0 Å². The molecule has 1 aliphatic carbocycles. The van der Waals surface area contributed by atoms with Crippen molar-refractivity contribution in [3.63, 3.8) is 0 Å². The molecule has 0 aliphatic heterocycles. The Hall–Kier alpha value is -0.500. The molecule has 0 aromatic carbocycles. The van der Waals surface area contributed by atoms with Crippen LogP contribution in [0.4, 0.5) is 4.39 Å². The number of nitrogens with two attached hydrogens (primary N) is 1. The van der Waals surface area contributed by atoms with Gasteiger partial charge in [-0.1, -0.05) is 13.0 Å². The van der Waals surface area contributed by atoms with Gasteiger partial charge in [0.15, 0.2) is 0 Å².